The van der Waals surface area contributed by atoms with Gasteiger partial charge in [-0.15, -0.1) is 0 Å². The molecule has 0 aliphatic heterocycles. The van der Waals surface area contributed by atoms with E-state index in [0.717, 1.165) is 5.56 Å². The Bertz CT molecular complexity index is 1040. The zero-order valence-electron chi connectivity index (χ0n) is 14.4. The molecule has 27 heavy (non-hydrogen) atoms. The van der Waals surface area contributed by atoms with E-state index < -0.39 is 5.91 Å². The summed E-state index contributed by atoms with van der Waals surface area (Å²) in [7, 11) is 1.53. The van der Waals surface area contributed by atoms with Crippen LogP contribution in [-0.2, 0) is 0 Å². The summed E-state index contributed by atoms with van der Waals surface area (Å²) in [6.45, 7) is 1.83. The molecule has 0 aliphatic carbocycles. The van der Waals surface area contributed by atoms with Crippen molar-refractivity contribution in [2.75, 3.05) is 17.7 Å². The second kappa shape index (κ2) is 7.77. The van der Waals surface area contributed by atoms with Gasteiger partial charge in [-0.25, -0.2) is 9.78 Å². The van der Waals surface area contributed by atoms with Crippen LogP contribution in [-0.4, -0.2) is 29.0 Å². The Hall–Kier alpha value is -2.90. The number of hydrogen-bond acceptors (Lipinski definition) is 4. The minimum Gasteiger partial charge on any atom is -0.341 e. The highest BCUT2D eigenvalue weighted by molar-refractivity contribution is 6.39. The number of nitrogens with one attached hydrogen (secondary N) is 3. The number of carbonyl (C=O) groups is 2. The van der Waals surface area contributed by atoms with Gasteiger partial charge in [-0.05, 0) is 24.6 Å². The Morgan fingerprint density at radius 2 is 1.85 bits per heavy atom. The number of aryl methyl sites for hydroxylation is 1. The first-order chi connectivity index (χ1) is 12.9. The van der Waals surface area contributed by atoms with Crippen LogP contribution in [0.4, 0.5) is 16.2 Å². The van der Waals surface area contributed by atoms with Crippen molar-refractivity contribution in [1.29, 1.82) is 0 Å². The van der Waals surface area contributed by atoms with Crippen LogP contribution in [0.1, 0.15) is 15.9 Å². The lowest BCUT2D eigenvalue weighted by Gasteiger charge is -2.14. The fourth-order valence-corrected chi connectivity index (χ4v) is 3.09. The first kappa shape index (κ1) is 18.9. The lowest BCUT2D eigenvalue weighted by atomic mass is 10.1. The number of anilines is 2. The highest BCUT2D eigenvalue weighted by Gasteiger charge is 2.18. The van der Waals surface area contributed by atoms with E-state index in [4.69, 9.17) is 23.2 Å². The van der Waals surface area contributed by atoms with Gasteiger partial charge in [-0.1, -0.05) is 35.3 Å². The van der Waals surface area contributed by atoms with Crippen LogP contribution < -0.4 is 16.0 Å². The normalized spacial score (nSPS) is 10.5. The van der Waals surface area contributed by atoms with E-state index in [9.17, 15) is 9.59 Å². The lowest BCUT2D eigenvalue weighted by molar-refractivity contribution is 0.102. The molecule has 0 atom stereocenters. The third-order valence-electron chi connectivity index (χ3n) is 3.88. The SMILES string of the molecule is CNC(=O)Nc1c(C)cnc2c(NC(=O)c3c(Cl)ccnc3Cl)cccc12. The summed E-state index contributed by atoms with van der Waals surface area (Å²) < 4.78 is 0. The third-order valence-corrected chi connectivity index (χ3v) is 4.48. The van der Waals surface area contributed by atoms with Gasteiger partial charge in [0, 0.05) is 24.8 Å². The Morgan fingerprint density at radius 3 is 2.56 bits per heavy atom. The molecule has 0 aliphatic rings. The third kappa shape index (κ3) is 3.79. The predicted octanol–water partition coefficient (Wildman–Crippen LogP) is 4.25. The van der Waals surface area contributed by atoms with Gasteiger partial charge >= 0.3 is 6.03 Å². The molecule has 0 spiro atoms. The summed E-state index contributed by atoms with van der Waals surface area (Å²) >= 11 is 12.1. The quantitative estimate of drug-likeness (QED) is 0.569. The fraction of sp³-hybridized carbons (Fsp3) is 0.111. The van der Waals surface area contributed by atoms with Crippen molar-refractivity contribution in [3.05, 3.63) is 58.0 Å². The second-order valence-corrected chi connectivity index (χ2v) is 6.40. The number of carbonyl (C=O) groups excluding carboxylic acids is 2. The van der Waals surface area contributed by atoms with Crippen molar-refractivity contribution in [2.45, 2.75) is 6.92 Å². The standard InChI is InChI=1S/C18H15Cl2N5O2/c1-9-8-23-15-10(14(9)25-18(27)21-2)4-3-5-12(15)24-17(26)13-11(19)6-7-22-16(13)20/h3-8H,1-2H3,(H,24,26)(H2,21,23,25,27). The molecule has 2 aromatic heterocycles. The summed E-state index contributed by atoms with van der Waals surface area (Å²) in [4.78, 5) is 32.7. The lowest BCUT2D eigenvalue weighted by Crippen LogP contribution is -2.25. The summed E-state index contributed by atoms with van der Waals surface area (Å²) in [6.07, 6.45) is 3.04. The first-order valence-electron chi connectivity index (χ1n) is 7.90. The van der Waals surface area contributed by atoms with E-state index in [1.54, 1.807) is 24.4 Å². The van der Waals surface area contributed by atoms with E-state index in [-0.39, 0.29) is 21.8 Å². The van der Waals surface area contributed by atoms with Crippen molar-refractivity contribution in [1.82, 2.24) is 15.3 Å². The molecule has 1 aromatic carbocycles. The van der Waals surface area contributed by atoms with Crippen LogP contribution in [0.15, 0.2) is 36.7 Å². The zero-order chi connectivity index (χ0) is 19.6. The summed E-state index contributed by atoms with van der Waals surface area (Å²) in [5, 5.41) is 8.93. The Morgan fingerprint density at radius 1 is 1.07 bits per heavy atom. The monoisotopic (exact) mass is 403 g/mol. The Balaban J connectivity index is 2.04. The van der Waals surface area contributed by atoms with E-state index in [0.29, 0.717) is 22.3 Å². The molecule has 0 saturated heterocycles. The number of rotatable bonds is 3. The van der Waals surface area contributed by atoms with Crippen LogP contribution in [0, 0.1) is 6.92 Å². The first-order valence-corrected chi connectivity index (χ1v) is 8.66. The minimum absolute atomic E-state index is 0.00557. The number of pyridine rings is 2. The largest absolute Gasteiger partial charge is 0.341 e. The summed E-state index contributed by atoms with van der Waals surface area (Å²) in [5.74, 6) is -0.506. The Labute approximate surface area is 165 Å². The zero-order valence-corrected chi connectivity index (χ0v) is 15.9. The molecule has 138 valence electrons. The Kier molecular flexibility index (Phi) is 5.43. The molecule has 2 heterocycles. The van der Waals surface area contributed by atoms with Crippen LogP contribution in [0.5, 0.6) is 0 Å². The average molecular weight is 404 g/mol. The molecule has 0 saturated carbocycles. The molecule has 3 aromatic rings. The van der Waals surface area contributed by atoms with Gasteiger partial charge in [0.25, 0.3) is 5.91 Å². The molecule has 9 heteroatoms. The van der Waals surface area contributed by atoms with Gasteiger partial charge in [-0.3, -0.25) is 9.78 Å². The fourth-order valence-electron chi connectivity index (χ4n) is 2.57. The van der Waals surface area contributed by atoms with E-state index in [1.165, 1.54) is 19.3 Å². The molecule has 3 rings (SSSR count). The summed E-state index contributed by atoms with van der Waals surface area (Å²) in [5.41, 5.74) is 2.43. The summed E-state index contributed by atoms with van der Waals surface area (Å²) in [6, 6.07) is 6.39. The van der Waals surface area contributed by atoms with Crippen LogP contribution in [0.25, 0.3) is 10.9 Å². The highest BCUT2D eigenvalue weighted by atomic mass is 35.5. The molecule has 3 amide bonds. The van der Waals surface area contributed by atoms with Gasteiger partial charge in [0.2, 0.25) is 0 Å². The number of urea groups is 1. The topological polar surface area (TPSA) is 96.0 Å². The maximum Gasteiger partial charge on any atom is 0.319 e. The molecule has 3 N–H and O–H groups in total. The van der Waals surface area contributed by atoms with E-state index in [1.807, 2.05) is 6.92 Å². The predicted molar refractivity (Wildman–Crippen MR) is 107 cm³/mol. The molecule has 0 bridgehead atoms. The van der Waals surface area contributed by atoms with Gasteiger partial charge in [0.05, 0.1) is 27.5 Å². The number of nitrogens with zero attached hydrogens (tertiary/aromatic N) is 2. The van der Waals surface area contributed by atoms with Gasteiger partial charge in [0.15, 0.2) is 0 Å². The second-order valence-electron chi connectivity index (χ2n) is 5.63. The van der Waals surface area contributed by atoms with E-state index in [2.05, 4.69) is 25.9 Å². The number of amides is 3. The highest BCUT2D eigenvalue weighted by Crippen LogP contribution is 2.31. The maximum atomic E-state index is 12.6. The number of aromatic nitrogens is 2. The van der Waals surface area contributed by atoms with Crippen LogP contribution in [0.3, 0.4) is 0 Å². The number of para-hydroxylation sites is 1. The average Bonchev–Trinajstić information content (AvgIpc) is 2.64. The van der Waals surface area contributed by atoms with Crippen molar-refractivity contribution >= 4 is 57.4 Å². The van der Waals surface area contributed by atoms with Crippen molar-refractivity contribution < 1.29 is 9.59 Å². The van der Waals surface area contributed by atoms with Gasteiger partial charge < -0.3 is 16.0 Å². The van der Waals surface area contributed by atoms with Crippen molar-refractivity contribution in [3.63, 3.8) is 0 Å². The van der Waals surface area contributed by atoms with Crippen LogP contribution >= 0.6 is 23.2 Å². The molecular weight excluding hydrogens is 389 g/mol. The number of halogens is 2. The number of benzene rings is 1. The molecule has 0 fully saturated rings. The van der Waals surface area contributed by atoms with E-state index >= 15 is 0 Å². The minimum atomic E-state index is -0.506. The van der Waals surface area contributed by atoms with Crippen molar-refractivity contribution in [2.24, 2.45) is 0 Å². The van der Waals surface area contributed by atoms with Crippen molar-refractivity contribution in [3.8, 4) is 0 Å². The van der Waals surface area contributed by atoms with Gasteiger partial charge in [-0.2, -0.15) is 0 Å². The van der Waals surface area contributed by atoms with Crippen LogP contribution in [0.2, 0.25) is 10.2 Å². The number of hydrogen-bond donors (Lipinski definition) is 3. The molecule has 0 radical (unpaired) electrons. The van der Waals surface area contributed by atoms with Gasteiger partial charge in [0.1, 0.15) is 5.15 Å². The number of fused-ring (bicyclic) bond motifs is 1. The molecule has 7 nitrogen and oxygen atoms in total. The maximum absolute atomic E-state index is 12.6. The smallest absolute Gasteiger partial charge is 0.319 e. The molecule has 0 unspecified atom stereocenters. The molecular formula is C18H15Cl2N5O2.